The van der Waals surface area contributed by atoms with Crippen LogP contribution in [0.5, 0.6) is 0 Å². The maximum atomic E-state index is 11.6. The fourth-order valence-electron chi connectivity index (χ4n) is 1.04. The molecule has 6 nitrogen and oxygen atoms in total. The normalized spacial score (nSPS) is 10.1. The van der Waals surface area contributed by atoms with Crippen molar-refractivity contribution in [1.82, 2.24) is 15.4 Å². The first-order valence-electron chi connectivity index (χ1n) is 3.98. The van der Waals surface area contributed by atoms with E-state index in [4.69, 9.17) is 0 Å². The Labute approximate surface area is 79.3 Å². The van der Waals surface area contributed by atoms with Crippen LogP contribution in [0.1, 0.15) is 16.1 Å². The van der Waals surface area contributed by atoms with Crippen molar-refractivity contribution < 1.29 is 9.32 Å². The molecule has 0 saturated carbocycles. The SMILES string of the molecule is Cc1[nH]ncc1C(=O)Nc1cnoc1. The quantitative estimate of drug-likeness (QED) is 0.742. The summed E-state index contributed by atoms with van der Waals surface area (Å²) in [6.45, 7) is 1.77. The van der Waals surface area contributed by atoms with Crippen molar-refractivity contribution in [2.45, 2.75) is 6.92 Å². The highest BCUT2D eigenvalue weighted by Gasteiger charge is 2.11. The van der Waals surface area contributed by atoms with Gasteiger partial charge in [0, 0.05) is 5.69 Å². The van der Waals surface area contributed by atoms with Crippen LogP contribution in [0.15, 0.2) is 23.2 Å². The third-order valence-corrected chi connectivity index (χ3v) is 1.76. The molecule has 2 N–H and O–H groups in total. The zero-order chi connectivity index (χ0) is 9.97. The number of hydrogen-bond acceptors (Lipinski definition) is 4. The fourth-order valence-corrected chi connectivity index (χ4v) is 1.04. The Bertz CT molecular complexity index is 432. The van der Waals surface area contributed by atoms with Gasteiger partial charge in [-0.1, -0.05) is 5.16 Å². The van der Waals surface area contributed by atoms with E-state index in [0.717, 1.165) is 5.69 Å². The van der Waals surface area contributed by atoms with Crippen LogP contribution < -0.4 is 5.32 Å². The molecule has 0 atom stereocenters. The lowest BCUT2D eigenvalue weighted by Crippen LogP contribution is -2.11. The molecule has 0 fully saturated rings. The maximum absolute atomic E-state index is 11.6. The third kappa shape index (κ3) is 1.49. The van der Waals surface area contributed by atoms with Crippen LogP contribution in [-0.4, -0.2) is 21.3 Å². The van der Waals surface area contributed by atoms with E-state index in [9.17, 15) is 4.79 Å². The lowest BCUT2D eigenvalue weighted by Gasteiger charge is -1.98. The van der Waals surface area contributed by atoms with Crippen molar-refractivity contribution >= 4 is 11.6 Å². The average Bonchev–Trinajstić information content (AvgIpc) is 2.75. The number of amides is 1. The zero-order valence-electron chi connectivity index (χ0n) is 7.44. The highest BCUT2D eigenvalue weighted by atomic mass is 16.5. The van der Waals surface area contributed by atoms with E-state index < -0.39 is 0 Å². The van der Waals surface area contributed by atoms with Gasteiger partial charge in [0.25, 0.3) is 5.91 Å². The van der Waals surface area contributed by atoms with Gasteiger partial charge in [-0.15, -0.1) is 0 Å². The van der Waals surface area contributed by atoms with Crippen molar-refractivity contribution in [1.29, 1.82) is 0 Å². The highest BCUT2D eigenvalue weighted by molar-refractivity contribution is 6.04. The van der Waals surface area contributed by atoms with Gasteiger partial charge in [0.2, 0.25) is 0 Å². The second kappa shape index (κ2) is 3.33. The number of aromatic amines is 1. The Morgan fingerprint density at radius 3 is 3.00 bits per heavy atom. The van der Waals surface area contributed by atoms with Crippen LogP contribution in [0, 0.1) is 6.92 Å². The molecule has 2 rings (SSSR count). The van der Waals surface area contributed by atoms with Gasteiger partial charge in [-0.3, -0.25) is 9.89 Å². The van der Waals surface area contributed by atoms with E-state index in [-0.39, 0.29) is 5.91 Å². The van der Waals surface area contributed by atoms with Gasteiger partial charge < -0.3 is 9.84 Å². The topological polar surface area (TPSA) is 83.8 Å². The number of carbonyl (C=O) groups excluding carboxylic acids is 1. The molecular formula is C8H8N4O2. The van der Waals surface area contributed by atoms with Crippen LogP contribution in [0.2, 0.25) is 0 Å². The summed E-state index contributed by atoms with van der Waals surface area (Å²) in [6.07, 6.45) is 4.25. The number of anilines is 1. The number of H-pyrrole nitrogens is 1. The van der Waals surface area contributed by atoms with Gasteiger partial charge in [0.1, 0.15) is 12.0 Å². The molecule has 2 heterocycles. The minimum atomic E-state index is -0.237. The number of rotatable bonds is 2. The van der Waals surface area contributed by atoms with Crippen molar-refractivity contribution in [3.63, 3.8) is 0 Å². The Balaban J connectivity index is 2.14. The molecule has 0 aliphatic carbocycles. The van der Waals surface area contributed by atoms with Crippen LogP contribution in [-0.2, 0) is 0 Å². The molecule has 0 radical (unpaired) electrons. The molecule has 14 heavy (non-hydrogen) atoms. The van der Waals surface area contributed by atoms with Gasteiger partial charge >= 0.3 is 0 Å². The van der Waals surface area contributed by atoms with Crippen LogP contribution >= 0.6 is 0 Å². The lowest BCUT2D eigenvalue weighted by atomic mass is 10.2. The first-order valence-corrected chi connectivity index (χ1v) is 3.98. The monoisotopic (exact) mass is 192 g/mol. The average molecular weight is 192 g/mol. The third-order valence-electron chi connectivity index (χ3n) is 1.76. The molecule has 0 aliphatic heterocycles. The summed E-state index contributed by atoms with van der Waals surface area (Å²) >= 11 is 0. The zero-order valence-corrected chi connectivity index (χ0v) is 7.44. The molecule has 0 aromatic carbocycles. The predicted molar refractivity (Wildman–Crippen MR) is 47.8 cm³/mol. The molecule has 0 spiro atoms. The Hall–Kier alpha value is -2.11. The van der Waals surface area contributed by atoms with Gasteiger partial charge in [-0.05, 0) is 6.92 Å². The van der Waals surface area contributed by atoms with Crippen LogP contribution in [0.3, 0.4) is 0 Å². The highest BCUT2D eigenvalue weighted by Crippen LogP contribution is 2.08. The summed E-state index contributed by atoms with van der Waals surface area (Å²) < 4.78 is 4.57. The molecule has 0 bridgehead atoms. The van der Waals surface area contributed by atoms with Crippen molar-refractivity contribution in [3.05, 3.63) is 29.9 Å². The van der Waals surface area contributed by atoms with E-state index >= 15 is 0 Å². The minimum absolute atomic E-state index is 0.237. The number of aryl methyl sites for hydroxylation is 1. The molecule has 72 valence electrons. The Morgan fingerprint density at radius 1 is 1.57 bits per heavy atom. The van der Waals surface area contributed by atoms with Crippen molar-refractivity contribution in [2.24, 2.45) is 0 Å². The van der Waals surface area contributed by atoms with Crippen LogP contribution in [0.4, 0.5) is 5.69 Å². The van der Waals surface area contributed by atoms with E-state index in [2.05, 4.69) is 25.2 Å². The van der Waals surface area contributed by atoms with Crippen molar-refractivity contribution in [3.8, 4) is 0 Å². The molecule has 2 aromatic rings. The number of carbonyl (C=O) groups is 1. The summed E-state index contributed by atoms with van der Waals surface area (Å²) in [5.74, 6) is -0.237. The number of nitrogens with zero attached hydrogens (tertiary/aromatic N) is 2. The molecule has 1 amide bonds. The minimum Gasteiger partial charge on any atom is -0.363 e. The first kappa shape index (κ1) is 8.49. The summed E-state index contributed by atoms with van der Waals surface area (Å²) in [6, 6.07) is 0. The van der Waals surface area contributed by atoms with Gasteiger partial charge in [0.15, 0.2) is 0 Å². The second-order valence-electron chi connectivity index (χ2n) is 2.78. The number of hydrogen-bond donors (Lipinski definition) is 2. The molecule has 0 saturated heterocycles. The second-order valence-corrected chi connectivity index (χ2v) is 2.78. The number of aromatic nitrogens is 3. The van der Waals surface area contributed by atoms with Crippen LogP contribution in [0.25, 0.3) is 0 Å². The molecular weight excluding hydrogens is 184 g/mol. The van der Waals surface area contributed by atoms with Gasteiger partial charge in [0.05, 0.1) is 18.0 Å². The van der Waals surface area contributed by atoms with E-state index in [0.29, 0.717) is 11.3 Å². The molecule has 2 aromatic heterocycles. The largest absolute Gasteiger partial charge is 0.363 e. The smallest absolute Gasteiger partial charge is 0.259 e. The summed E-state index contributed by atoms with van der Waals surface area (Å²) in [5.41, 5.74) is 1.75. The Morgan fingerprint density at radius 2 is 2.43 bits per heavy atom. The number of nitrogens with one attached hydrogen (secondary N) is 2. The molecule has 6 heteroatoms. The first-order chi connectivity index (χ1) is 6.77. The van der Waals surface area contributed by atoms with Gasteiger partial charge in [-0.2, -0.15) is 5.10 Å². The van der Waals surface area contributed by atoms with Gasteiger partial charge in [-0.25, -0.2) is 0 Å². The summed E-state index contributed by atoms with van der Waals surface area (Å²) in [5, 5.41) is 12.5. The molecule has 0 unspecified atom stereocenters. The van der Waals surface area contributed by atoms with Crippen molar-refractivity contribution in [2.75, 3.05) is 5.32 Å². The molecule has 0 aliphatic rings. The Kier molecular flexibility index (Phi) is 2.02. The fraction of sp³-hybridized carbons (Fsp3) is 0.125. The van der Waals surface area contributed by atoms with E-state index in [1.807, 2.05) is 0 Å². The predicted octanol–water partition coefficient (Wildman–Crippen LogP) is 0.958. The van der Waals surface area contributed by atoms with E-state index in [1.165, 1.54) is 18.7 Å². The summed E-state index contributed by atoms with van der Waals surface area (Å²) in [7, 11) is 0. The standard InChI is InChI=1S/C8H8N4O2/c1-5-7(3-9-12-5)8(13)11-6-2-10-14-4-6/h2-4H,1H3,(H,9,12)(H,11,13). The summed E-state index contributed by atoms with van der Waals surface area (Å²) in [4.78, 5) is 11.6. The maximum Gasteiger partial charge on any atom is 0.259 e. The van der Waals surface area contributed by atoms with E-state index in [1.54, 1.807) is 6.92 Å². The lowest BCUT2D eigenvalue weighted by molar-refractivity contribution is 0.102.